The molecule has 4 rings (SSSR count). The van der Waals surface area contributed by atoms with E-state index in [1.54, 1.807) is 35.2 Å². The maximum atomic E-state index is 12.4. The minimum absolute atomic E-state index is 0.00352. The van der Waals surface area contributed by atoms with Crippen LogP contribution in [0.25, 0.3) is 0 Å². The first-order chi connectivity index (χ1) is 14.2. The molecule has 6 nitrogen and oxygen atoms in total. The second-order valence-corrected chi connectivity index (χ2v) is 6.59. The summed E-state index contributed by atoms with van der Waals surface area (Å²) in [6.07, 6.45) is 0. The van der Waals surface area contributed by atoms with Crippen molar-refractivity contribution in [3.63, 3.8) is 0 Å². The number of rotatable bonds is 6. The van der Waals surface area contributed by atoms with Gasteiger partial charge in [-0.15, -0.1) is 0 Å². The van der Waals surface area contributed by atoms with E-state index in [0.29, 0.717) is 29.4 Å². The Hall–Kier alpha value is -3.80. The molecule has 1 aliphatic heterocycles. The second kappa shape index (κ2) is 8.48. The monoisotopic (exact) mass is 388 g/mol. The Labute approximate surface area is 168 Å². The number of ether oxygens (including phenoxy) is 2. The molecule has 0 aromatic heterocycles. The Kier molecular flexibility index (Phi) is 5.42. The highest BCUT2D eigenvalue weighted by Crippen LogP contribution is 2.35. The predicted molar refractivity (Wildman–Crippen MR) is 110 cm³/mol. The lowest BCUT2D eigenvalue weighted by molar-refractivity contribution is -0.121. The van der Waals surface area contributed by atoms with Gasteiger partial charge in [-0.2, -0.15) is 0 Å². The number of nitrogens with zero attached hydrogens (tertiary/aromatic N) is 1. The lowest BCUT2D eigenvalue weighted by Gasteiger charge is -2.30. The molecule has 3 aromatic rings. The van der Waals surface area contributed by atoms with Crippen molar-refractivity contribution in [1.82, 2.24) is 0 Å². The number of fused-ring (bicyclic) bond motifs is 1. The first-order valence-corrected chi connectivity index (χ1v) is 9.28. The Morgan fingerprint density at radius 3 is 2.48 bits per heavy atom. The van der Waals surface area contributed by atoms with Gasteiger partial charge in [-0.3, -0.25) is 9.59 Å². The maximum absolute atomic E-state index is 12.4. The topological polar surface area (TPSA) is 67.9 Å². The van der Waals surface area contributed by atoms with E-state index in [4.69, 9.17) is 9.47 Å². The number of amides is 2. The molecule has 0 spiro atoms. The van der Waals surface area contributed by atoms with Gasteiger partial charge in [-0.1, -0.05) is 48.5 Å². The van der Waals surface area contributed by atoms with Crippen LogP contribution < -0.4 is 19.7 Å². The summed E-state index contributed by atoms with van der Waals surface area (Å²) in [5, 5.41) is 2.80. The summed E-state index contributed by atoms with van der Waals surface area (Å²) in [6.45, 7) is 0.325. The molecule has 0 saturated heterocycles. The highest BCUT2D eigenvalue weighted by Gasteiger charge is 2.26. The van der Waals surface area contributed by atoms with Crippen LogP contribution in [0.3, 0.4) is 0 Å². The van der Waals surface area contributed by atoms with E-state index in [2.05, 4.69) is 5.32 Å². The Balaban J connectivity index is 1.47. The van der Waals surface area contributed by atoms with Crippen LogP contribution in [0, 0.1) is 0 Å². The quantitative estimate of drug-likeness (QED) is 0.700. The summed E-state index contributed by atoms with van der Waals surface area (Å²) in [6, 6.07) is 24.1. The van der Waals surface area contributed by atoms with Gasteiger partial charge >= 0.3 is 0 Å². The molecule has 0 fully saturated rings. The van der Waals surface area contributed by atoms with Gasteiger partial charge in [-0.25, -0.2) is 0 Å². The standard InChI is InChI=1S/C23H20N2O4/c26-22(15-28-19-9-5-2-6-10-19)24-18-11-12-21-20(13-18)25(23(27)16-29-21)14-17-7-3-1-4-8-17/h1-13H,14-16H2,(H,24,26). The first-order valence-electron chi connectivity index (χ1n) is 9.28. The zero-order chi connectivity index (χ0) is 20.1. The van der Waals surface area contributed by atoms with Crippen LogP contribution >= 0.6 is 0 Å². The minimum Gasteiger partial charge on any atom is -0.484 e. The molecule has 0 aliphatic carbocycles. The summed E-state index contributed by atoms with van der Waals surface area (Å²) in [5.74, 6) is 0.823. The van der Waals surface area contributed by atoms with Crippen molar-refractivity contribution in [3.8, 4) is 11.5 Å². The molecule has 6 heteroatoms. The molecule has 146 valence electrons. The van der Waals surface area contributed by atoms with E-state index in [0.717, 1.165) is 5.56 Å². The number of hydrogen-bond donors (Lipinski definition) is 1. The fourth-order valence-electron chi connectivity index (χ4n) is 3.08. The number of anilines is 2. The summed E-state index contributed by atoms with van der Waals surface area (Å²) >= 11 is 0. The summed E-state index contributed by atoms with van der Waals surface area (Å²) in [5.41, 5.74) is 2.22. The van der Waals surface area contributed by atoms with Crippen molar-refractivity contribution in [2.75, 3.05) is 23.4 Å². The average molecular weight is 388 g/mol. The lowest BCUT2D eigenvalue weighted by atomic mass is 10.1. The molecular weight excluding hydrogens is 368 g/mol. The van der Waals surface area contributed by atoms with Crippen molar-refractivity contribution in [3.05, 3.63) is 84.4 Å². The molecule has 0 atom stereocenters. The van der Waals surface area contributed by atoms with Gasteiger partial charge in [0, 0.05) is 5.69 Å². The van der Waals surface area contributed by atoms with Crippen molar-refractivity contribution < 1.29 is 19.1 Å². The largest absolute Gasteiger partial charge is 0.484 e. The van der Waals surface area contributed by atoms with Gasteiger partial charge in [-0.05, 0) is 35.9 Å². The molecule has 29 heavy (non-hydrogen) atoms. The van der Waals surface area contributed by atoms with Gasteiger partial charge in [0.05, 0.1) is 12.2 Å². The fourth-order valence-corrected chi connectivity index (χ4v) is 3.08. The van der Waals surface area contributed by atoms with Crippen LogP contribution in [0.2, 0.25) is 0 Å². The third-order valence-corrected chi connectivity index (χ3v) is 4.48. The molecule has 0 bridgehead atoms. The number of carbonyl (C=O) groups excluding carboxylic acids is 2. The van der Waals surface area contributed by atoms with Gasteiger partial charge in [0.1, 0.15) is 11.5 Å². The first kappa shape index (κ1) is 18.6. The SMILES string of the molecule is O=C(COc1ccccc1)Nc1ccc2c(c1)N(Cc1ccccc1)C(=O)CO2. The van der Waals surface area contributed by atoms with E-state index in [1.807, 2.05) is 48.5 Å². The predicted octanol–water partition coefficient (Wildman–Crippen LogP) is 3.63. The third-order valence-electron chi connectivity index (χ3n) is 4.48. The molecule has 2 amide bonds. The highest BCUT2D eigenvalue weighted by atomic mass is 16.5. The normalized spacial score (nSPS) is 12.7. The molecule has 3 aromatic carbocycles. The Morgan fingerprint density at radius 1 is 1.00 bits per heavy atom. The molecule has 1 heterocycles. The van der Waals surface area contributed by atoms with Crippen LogP contribution in [0.1, 0.15) is 5.56 Å². The molecular formula is C23H20N2O4. The van der Waals surface area contributed by atoms with Crippen LogP contribution in [-0.4, -0.2) is 25.0 Å². The second-order valence-electron chi connectivity index (χ2n) is 6.59. The van der Waals surface area contributed by atoms with E-state index >= 15 is 0 Å². The number of benzene rings is 3. The van der Waals surface area contributed by atoms with Gasteiger partial charge in [0.25, 0.3) is 11.8 Å². The van der Waals surface area contributed by atoms with Crippen LogP contribution in [0.4, 0.5) is 11.4 Å². The zero-order valence-corrected chi connectivity index (χ0v) is 15.7. The van der Waals surface area contributed by atoms with Crippen molar-refractivity contribution >= 4 is 23.2 Å². The van der Waals surface area contributed by atoms with Crippen LogP contribution in [0.15, 0.2) is 78.9 Å². The average Bonchev–Trinajstić information content (AvgIpc) is 2.76. The van der Waals surface area contributed by atoms with Crippen molar-refractivity contribution in [1.29, 1.82) is 0 Å². The fraction of sp³-hybridized carbons (Fsp3) is 0.130. The van der Waals surface area contributed by atoms with Crippen LogP contribution in [0.5, 0.6) is 11.5 Å². The number of hydrogen-bond acceptors (Lipinski definition) is 4. The summed E-state index contributed by atoms with van der Waals surface area (Å²) < 4.78 is 11.0. The zero-order valence-electron chi connectivity index (χ0n) is 15.7. The number of para-hydroxylation sites is 1. The summed E-state index contributed by atoms with van der Waals surface area (Å²) in [4.78, 5) is 26.4. The molecule has 0 saturated carbocycles. The summed E-state index contributed by atoms with van der Waals surface area (Å²) in [7, 11) is 0. The smallest absolute Gasteiger partial charge is 0.265 e. The molecule has 1 N–H and O–H groups in total. The number of carbonyl (C=O) groups is 2. The molecule has 0 radical (unpaired) electrons. The number of nitrogens with one attached hydrogen (secondary N) is 1. The van der Waals surface area contributed by atoms with E-state index < -0.39 is 0 Å². The lowest BCUT2D eigenvalue weighted by Crippen LogP contribution is -2.38. The third kappa shape index (κ3) is 4.55. The van der Waals surface area contributed by atoms with E-state index in [-0.39, 0.29) is 25.0 Å². The van der Waals surface area contributed by atoms with Gasteiger partial charge in [0.2, 0.25) is 0 Å². The molecule has 1 aliphatic rings. The van der Waals surface area contributed by atoms with Crippen molar-refractivity contribution in [2.45, 2.75) is 6.54 Å². The highest BCUT2D eigenvalue weighted by molar-refractivity contribution is 5.99. The van der Waals surface area contributed by atoms with Crippen LogP contribution in [-0.2, 0) is 16.1 Å². The molecule has 0 unspecified atom stereocenters. The maximum Gasteiger partial charge on any atom is 0.265 e. The van der Waals surface area contributed by atoms with Crippen molar-refractivity contribution in [2.24, 2.45) is 0 Å². The van der Waals surface area contributed by atoms with E-state index in [1.165, 1.54) is 0 Å². The van der Waals surface area contributed by atoms with Gasteiger partial charge in [0.15, 0.2) is 13.2 Å². The van der Waals surface area contributed by atoms with Gasteiger partial charge < -0.3 is 19.7 Å². The van der Waals surface area contributed by atoms with E-state index in [9.17, 15) is 9.59 Å². The Bertz CT molecular complexity index is 1010. The Morgan fingerprint density at radius 2 is 1.72 bits per heavy atom. The minimum atomic E-state index is -0.286.